The predicted molar refractivity (Wildman–Crippen MR) is 61.8 cm³/mol. The number of halogens is 1. The molecule has 3 nitrogen and oxygen atoms in total. The van der Waals surface area contributed by atoms with Crippen LogP contribution in [0.2, 0.25) is 5.15 Å². The van der Waals surface area contributed by atoms with E-state index >= 15 is 0 Å². The maximum Gasteiger partial charge on any atom is 0.169 e. The first-order valence-corrected chi connectivity index (χ1v) is 6.32. The lowest BCUT2D eigenvalue weighted by molar-refractivity contribution is 0.111. The number of rotatable bonds is 1. The minimum Gasteiger partial charge on any atom is -0.324 e. The molecular weight excluding hydrogens is 224 g/mol. The molecule has 0 N–H and O–H groups in total. The van der Waals surface area contributed by atoms with Gasteiger partial charge in [0.2, 0.25) is 0 Å². The van der Waals surface area contributed by atoms with Crippen molar-refractivity contribution in [3.8, 4) is 0 Å². The lowest BCUT2D eigenvalue weighted by Gasteiger charge is -2.32. The first-order valence-electron chi connectivity index (χ1n) is 5.94. The number of fused-ring (bicyclic) bond motifs is 1. The summed E-state index contributed by atoms with van der Waals surface area (Å²) < 4.78 is 2.03. The number of hydrogen-bond acceptors (Lipinski definition) is 2. The van der Waals surface area contributed by atoms with Crippen molar-refractivity contribution in [2.75, 3.05) is 0 Å². The highest BCUT2D eigenvalue weighted by molar-refractivity contribution is 6.31. The summed E-state index contributed by atoms with van der Waals surface area (Å²) in [6.45, 7) is 0.941. The molecular formula is C12H15ClN2O. The topological polar surface area (TPSA) is 34.9 Å². The molecule has 1 aromatic heterocycles. The number of nitrogens with zero attached hydrogens (tertiary/aromatic N) is 2. The highest BCUT2D eigenvalue weighted by Crippen LogP contribution is 2.45. The second-order valence-electron chi connectivity index (χ2n) is 5.15. The van der Waals surface area contributed by atoms with E-state index in [1.54, 1.807) is 0 Å². The Bertz CT molecular complexity index is 432. The third-order valence-electron chi connectivity index (χ3n) is 4.09. The van der Waals surface area contributed by atoms with Gasteiger partial charge in [-0.1, -0.05) is 30.9 Å². The zero-order valence-corrected chi connectivity index (χ0v) is 9.96. The first-order chi connectivity index (χ1) is 7.74. The summed E-state index contributed by atoms with van der Waals surface area (Å²) in [5.74, 6) is 1.01. The van der Waals surface area contributed by atoms with Gasteiger partial charge in [0.25, 0.3) is 0 Å². The maximum atomic E-state index is 11.0. The maximum absolute atomic E-state index is 11.0. The van der Waals surface area contributed by atoms with Gasteiger partial charge in [0.1, 0.15) is 11.5 Å². The van der Waals surface area contributed by atoms with Crippen molar-refractivity contribution in [1.29, 1.82) is 0 Å². The van der Waals surface area contributed by atoms with Crippen molar-refractivity contribution in [3.63, 3.8) is 0 Å². The molecule has 1 aliphatic heterocycles. The molecule has 0 unspecified atom stereocenters. The third kappa shape index (κ3) is 1.41. The van der Waals surface area contributed by atoms with E-state index in [2.05, 4.69) is 4.98 Å². The van der Waals surface area contributed by atoms with E-state index in [1.165, 1.54) is 32.1 Å². The normalized spacial score (nSPS) is 22.3. The van der Waals surface area contributed by atoms with Crippen LogP contribution >= 0.6 is 11.6 Å². The Morgan fingerprint density at radius 1 is 1.31 bits per heavy atom. The van der Waals surface area contributed by atoms with Crippen molar-refractivity contribution < 1.29 is 4.79 Å². The summed E-state index contributed by atoms with van der Waals surface area (Å²) in [5.41, 5.74) is 0.947. The van der Waals surface area contributed by atoms with Crippen LogP contribution in [-0.2, 0) is 13.0 Å². The second kappa shape index (κ2) is 3.59. The summed E-state index contributed by atoms with van der Waals surface area (Å²) in [5, 5.41) is 0.371. The predicted octanol–water partition coefficient (Wildman–Crippen LogP) is 2.86. The van der Waals surface area contributed by atoms with Crippen molar-refractivity contribution >= 4 is 17.9 Å². The molecule has 1 fully saturated rings. The van der Waals surface area contributed by atoms with Crippen LogP contribution in [0.1, 0.15) is 48.4 Å². The smallest absolute Gasteiger partial charge is 0.169 e. The molecule has 86 valence electrons. The summed E-state index contributed by atoms with van der Waals surface area (Å²) in [4.78, 5) is 15.3. The Kier molecular flexibility index (Phi) is 2.32. The molecule has 4 heteroatoms. The van der Waals surface area contributed by atoms with Crippen LogP contribution in [0, 0.1) is 5.41 Å². The van der Waals surface area contributed by atoms with Crippen molar-refractivity contribution in [1.82, 2.24) is 9.55 Å². The number of hydrogen-bond donors (Lipinski definition) is 0. The third-order valence-corrected chi connectivity index (χ3v) is 4.37. The average Bonchev–Trinajstić information content (AvgIpc) is 2.72. The number of aromatic nitrogens is 2. The summed E-state index contributed by atoms with van der Waals surface area (Å²) in [7, 11) is 0. The van der Waals surface area contributed by atoms with E-state index in [0.717, 1.165) is 25.1 Å². The summed E-state index contributed by atoms with van der Waals surface area (Å²) in [6.07, 6.45) is 8.36. The van der Waals surface area contributed by atoms with Gasteiger partial charge in [-0.2, -0.15) is 0 Å². The number of carbonyl (C=O) groups excluding carboxylic acids is 1. The molecule has 1 spiro atoms. The van der Waals surface area contributed by atoms with Gasteiger partial charge in [0, 0.05) is 13.0 Å². The van der Waals surface area contributed by atoms with Gasteiger partial charge in [0.15, 0.2) is 11.4 Å². The fraction of sp³-hybridized carbons (Fsp3) is 0.667. The molecule has 0 bridgehead atoms. The molecule has 2 aliphatic rings. The van der Waals surface area contributed by atoms with Crippen LogP contribution in [0.15, 0.2) is 0 Å². The lowest BCUT2D eigenvalue weighted by Crippen LogP contribution is -2.26. The van der Waals surface area contributed by atoms with Crippen LogP contribution in [0.5, 0.6) is 0 Å². The summed E-state index contributed by atoms with van der Waals surface area (Å²) in [6, 6.07) is 0. The first kappa shape index (κ1) is 10.3. The van der Waals surface area contributed by atoms with E-state index < -0.39 is 0 Å². The van der Waals surface area contributed by atoms with Crippen molar-refractivity contribution in [3.05, 3.63) is 16.7 Å². The summed E-state index contributed by atoms with van der Waals surface area (Å²) >= 11 is 5.93. The van der Waals surface area contributed by atoms with Crippen LogP contribution < -0.4 is 0 Å². The van der Waals surface area contributed by atoms with Gasteiger partial charge >= 0.3 is 0 Å². The van der Waals surface area contributed by atoms with E-state index in [4.69, 9.17) is 11.6 Å². The average molecular weight is 239 g/mol. The van der Waals surface area contributed by atoms with E-state index in [9.17, 15) is 4.79 Å². The van der Waals surface area contributed by atoms with Gasteiger partial charge in [-0.15, -0.1) is 0 Å². The van der Waals surface area contributed by atoms with E-state index in [0.29, 0.717) is 16.3 Å². The van der Waals surface area contributed by atoms with Crippen LogP contribution in [0.3, 0.4) is 0 Å². The van der Waals surface area contributed by atoms with Gasteiger partial charge < -0.3 is 4.57 Å². The van der Waals surface area contributed by atoms with Crippen molar-refractivity contribution in [2.24, 2.45) is 5.41 Å². The molecule has 2 heterocycles. The zero-order chi connectivity index (χ0) is 11.2. The monoisotopic (exact) mass is 238 g/mol. The van der Waals surface area contributed by atoms with Crippen LogP contribution in [-0.4, -0.2) is 15.8 Å². The Hall–Kier alpha value is -0.830. The minimum atomic E-state index is 0.371. The van der Waals surface area contributed by atoms with Crippen LogP contribution in [0.4, 0.5) is 0 Å². The number of carbonyl (C=O) groups is 1. The molecule has 0 aromatic carbocycles. The van der Waals surface area contributed by atoms with Crippen molar-refractivity contribution in [2.45, 2.75) is 45.1 Å². The molecule has 1 saturated carbocycles. The Balaban J connectivity index is 1.94. The van der Waals surface area contributed by atoms with E-state index in [-0.39, 0.29) is 0 Å². The van der Waals surface area contributed by atoms with Gasteiger partial charge in [-0.3, -0.25) is 4.79 Å². The van der Waals surface area contributed by atoms with Crippen LogP contribution in [0.25, 0.3) is 0 Å². The molecule has 1 aliphatic carbocycles. The lowest BCUT2D eigenvalue weighted by atomic mass is 9.73. The molecule has 0 saturated heterocycles. The van der Waals surface area contributed by atoms with Gasteiger partial charge in [-0.25, -0.2) is 4.98 Å². The standard InChI is InChI=1S/C12H15ClN2O/c13-11-9(7-16)15-8-12(6-10(15)14-11)4-2-1-3-5-12/h7H,1-6,8H2. The SMILES string of the molecule is O=Cc1c(Cl)nc2n1CC1(CCCCC1)C2. The Morgan fingerprint density at radius 3 is 2.75 bits per heavy atom. The molecule has 3 rings (SSSR count). The largest absolute Gasteiger partial charge is 0.324 e. The fourth-order valence-electron chi connectivity index (χ4n) is 3.27. The molecule has 0 atom stereocenters. The number of imidazole rings is 1. The fourth-order valence-corrected chi connectivity index (χ4v) is 3.51. The Morgan fingerprint density at radius 2 is 2.06 bits per heavy atom. The second-order valence-corrected chi connectivity index (χ2v) is 5.50. The Labute approximate surface area is 99.8 Å². The van der Waals surface area contributed by atoms with E-state index in [1.807, 2.05) is 4.57 Å². The van der Waals surface area contributed by atoms with Gasteiger partial charge in [-0.05, 0) is 18.3 Å². The molecule has 0 radical (unpaired) electrons. The molecule has 0 amide bonds. The number of aldehydes is 1. The molecule has 1 aromatic rings. The minimum absolute atomic E-state index is 0.371. The highest BCUT2D eigenvalue weighted by Gasteiger charge is 2.40. The highest BCUT2D eigenvalue weighted by atomic mass is 35.5. The zero-order valence-electron chi connectivity index (χ0n) is 9.21. The van der Waals surface area contributed by atoms with Gasteiger partial charge in [0.05, 0.1) is 0 Å². The molecule has 16 heavy (non-hydrogen) atoms. The quantitative estimate of drug-likeness (QED) is 0.706.